The molecule has 1 aliphatic carbocycles. The predicted octanol–water partition coefficient (Wildman–Crippen LogP) is 1.92. The smallest absolute Gasteiger partial charge is 0.414 e. The molecule has 0 saturated carbocycles. The van der Waals surface area contributed by atoms with Crippen molar-refractivity contribution in [2.24, 2.45) is 5.92 Å². The topological polar surface area (TPSA) is 29.5 Å². The monoisotopic (exact) mass is 179 g/mol. The van der Waals surface area contributed by atoms with E-state index >= 15 is 0 Å². The predicted molar refractivity (Wildman–Crippen MR) is 49.0 cm³/mol. The van der Waals surface area contributed by atoms with Crippen LogP contribution in [0, 0.1) is 5.92 Å². The van der Waals surface area contributed by atoms with Crippen LogP contribution in [0.1, 0.15) is 13.8 Å². The normalized spacial score (nSPS) is 35.2. The molecule has 0 aromatic heterocycles. The lowest BCUT2D eigenvalue weighted by atomic mass is 9.77. The van der Waals surface area contributed by atoms with E-state index in [0.29, 0.717) is 5.92 Å². The number of nitrogens with zero attached hydrogens (tertiary/aromatic N) is 1. The molecule has 13 heavy (non-hydrogen) atoms. The van der Waals surface area contributed by atoms with Gasteiger partial charge < -0.3 is 4.74 Å². The zero-order valence-corrected chi connectivity index (χ0v) is 8.07. The molecule has 0 fully saturated rings. The molecule has 3 nitrogen and oxygen atoms in total. The highest BCUT2D eigenvalue weighted by Crippen LogP contribution is 2.45. The summed E-state index contributed by atoms with van der Waals surface area (Å²) in [5.41, 5.74) is 0.807. The maximum Gasteiger partial charge on any atom is 0.414 e. The molecule has 0 saturated heterocycles. The Bertz CT molecular complexity index is 319. The van der Waals surface area contributed by atoms with Gasteiger partial charge in [0.1, 0.15) is 0 Å². The first kappa shape index (κ1) is 8.35. The fourth-order valence-corrected chi connectivity index (χ4v) is 2.08. The van der Waals surface area contributed by atoms with E-state index in [1.165, 1.54) is 7.11 Å². The standard InChI is InChI=1S/C10H13NO2/c1-7-6-8-4-5-10(8,2)11(7)9(12)13-3/h4-6,8H,1-3H3. The summed E-state index contributed by atoms with van der Waals surface area (Å²) in [6, 6.07) is 0. The van der Waals surface area contributed by atoms with Crippen LogP contribution in [-0.4, -0.2) is 23.6 Å². The van der Waals surface area contributed by atoms with E-state index in [-0.39, 0.29) is 11.6 Å². The molecule has 1 heterocycles. The lowest BCUT2D eigenvalue weighted by Gasteiger charge is -2.41. The van der Waals surface area contributed by atoms with Gasteiger partial charge in [-0.3, -0.25) is 4.90 Å². The summed E-state index contributed by atoms with van der Waals surface area (Å²) < 4.78 is 4.73. The number of fused-ring (bicyclic) bond motifs is 1. The summed E-state index contributed by atoms with van der Waals surface area (Å²) in [5, 5.41) is 0. The van der Waals surface area contributed by atoms with Crippen LogP contribution in [0.4, 0.5) is 4.79 Å². The Kier molecular flexibility index (Phi) is 1.53. The molecule has 0 spiro atoms. The largest absolute Gasteiger partial charge is 0.452 e. The Balaban J connectivity index is 2.32. The minimum Gasteiger partial charge on any atom is -0.452 e. The van der Waals surface area contributed by atoms with Crippen molar-refractivity contribution in [2.75, 3.05) is 7.11 Å². The molecule has 1 amide bonds. The van der Waals surface area contributed by atoms with Crippen LogP contribution < -0.4 is 0 Å². The Morgan fingerprint density at radius 3 is 2.77 bits per heavy atom. The van der Waals surface area contributed by atoms with Crippen molar-refractivity contribution < 1.29 is 9.53 Å². The molecule has 70 valence electrons. The molecule has 2 unspecified atom stereocenters. The van der Waals surface area contributed by atoms with Gasteiger partial charge in [-0.05, 0) is 13.8 Å². The van der Waals surface area contributed by atoms with Gasteiger partial charge in [-0.1, -0.05) is 18.2 Å². The van der Waals surface area contributed by atoms with E-state index in [4.69, 9.17) is 4.74 Å². The van der Waals surface area contributed by atoms with Crippen LogP contribution >= 0.6 is 0 Å². The van der Waals surface area contributed by atoms with E-state index in [9.17, 15) is 4.79 Å². The van der Waals surface area contributed by atoms with Crippen molar-refractivity contribution in [2.45, 2.75) is 19.4 Å². The van der Waals surface area contributed by atoms with Gasteiger partial charge in [0, 0.05) is 11.6 Å². The third kappa shape index (κ3) is 0.870. The van der Waals surface area contributed by atoms with Crippen molar-refractivity contribution in [3.8, 4) is 0 Å². The van der Waals surface area contributed by atoms with Gasteiger partial charge in [0.2, 0.25) is 0 Å². The third-order valence-electron chi connectivity index (χ3n) is 2.93. The SMILES string of the molecule is COC(=O)N1C(C)=CC2C=CC21C. The van der Waals surface area contributed by atoms with Crippen molar-refractivity contribution in [1.29, 1.82) is 0 Å². The van der Waals surface area contributed by atoms with Crippen molar-refractivity contribution >= 4 is 6.09 Å². The molecule has 0 aromatic rings. The van der Waals surface area contributed by atoms with Crippen molar-refractivity contribution in [3.05, 3.63) is 23.9 Å². The van der Waals surface area contributed by atoms with Crippen molar-refractivity contribution in [3.63, 3.8) is 0 Å². The highest BCUT2D eigenvalue weighted by atomic mass is 16.5. The first-order valence-electron chi connectivity index (χ1n) is 4.35. The fourth-order valence-electron chi connectivity index (χ4n) is 2.08. The molecule has 0 radical (unpaired) electrons. The fraction of sp³-hybridized carbons (Fsp3) is 0.500. The Hall–Kier alpha value is -1.25. The maximum absolute atomic E-state index is 11.4. The number of methoxy groups -OCH3 is 1. The van der Waals surface area contributed by atoms with Gasteiger partial charge in [0.15, 0.2) is 0 Å². The van der Waals surface area contributed by atoms with Gasteiger partial charge in [-0.2, -0.15) is 0 Å². The molecule has 0 N–H and O–H groups in total. The molecule has 2 rings (SSSR count). The molecule has 3 heteroatoms. The first-order chi connectivity index (χ1) is 6.09. The molecule has 0 aromatic carbocycles. The molecule has 2 atom stereocenters. The van der Waals surface area contributed by atoms with Gasteiger partial charge >= 0.3 is 6.09 Å². The molecular formula is C10H13NO2. The molecule has 1 aliphatic heterocycles. The summed E-state index contributed by atoms with van der Waals surface area (Å²) in [5.74, 6) is 0.367. The van der Waals surface area contributed by atoms with Gasteiger partial charge in [0.25, 0.3) is 0 Å². The van der Waals surface area contributed by atoms with Crippen LogP contribution in [0.25, 0.3) is 0 Å². The second kappa shape index (κ2) is 2.37. The minimum atomic E-state index is -0.275. The van der Waals surface area contributed by atoms with Crippen LogP contribution in [0.15, 0.2) is 23.9 Å². The summed E-state index contributed by atoms with van der Waals surface area (Å²) >= 11 is 0. The van der Waals surface area contributed by atoms with E-state index in [1.54, 1.807) is 4.90 Å². The van der Waals surface area contributed by atoms with E-state index < -0.39 is 0 Å². The van der Waals surface area contributed by atoms with Crippen LogP contribution in [0.5, 0.6) is 0 Å². The second-order valence-corrected chi connectivity index (χ2v) is 3.72. The average molecular weight is 179 g/mol. The van der Waals surface area contributed by atoms with Gasteiger partial charge in [-0.15, -0.1) is 0 Å². The van der Waals surface area contributed by atoms with Crippen molar-refractivity contribution in [1.82, 2.24) is 4.90 Å². The van der Waals surface area contributed by atoms with Crippen LogP contribution in [0.2, 0.25) is 0 Å². The number of allylic oxidation sites excluding steroid dienone is 1. The van der Waals surface area contributed by atoms with E-state index in [0.717, 1.165) is 5.70 Å². The summed E-state index contributed by atoms with van der Waals surface area (Å²) in [4.78, 5) is 13.2. The second-order valence-electron chi connectivity index (χ2n) is 3.72. The lowest BCUT2D eigenvalue weighted by Crippen LogP contribution is -2.50. The van der Waals surface area contributed by atoms with E-state index in [1.807, 2.05) is 19.9 Å². The quantitative estimate of drug-likeness (QED) is 0.532. The highest BCUT2D eigenvalue weighted by Gasteiger charge is 2.49. The minimum absolute atomic E-state index is 0.169. The zero-order chi connectivity index (χ0) is 9.64. The summed E-state index contributed by atoms with van der Waals surface area (Å²) in [7, 11) is 1.41. The number of carbonyl (C=O) groups is 1. The van der Waals surface area contributed by atoms with Crippen LogP contribution in [-0.2, 0) is 4.74 Å². The number of rotatable bonds is 0. The Morgan fingerprint density at radius 1 is 1.69 bits per heavy atom. The zero-order valence-electron chi connectivity index (χ0n) is 8.07. The summed E-state index contributed by atoms with van der Waals surface area (Å²) in [6.45, 7) is 3.98. The Morgan fingerprint density at radius 2 is 2.38 bits per heavy atom. The number of carbonyl (C=O) groups excluding carboxylic acids is 1. The number of ether oxygens (including phenoxy) is 1. The van der Waals surface area contributed by atoms with Crippen LogP contribution in [0.3, 0.4) is 0 Å². The number of hydrogen-bond acceptors (Lipinski definition) is 2. The average Bonchev–Trinajstić information content (AvgIpc) is 2.26. The molecule has 2 aliphatic rings. The molecular weight excluding hydrogens is 166 g/mol. The number of hydrogen-bond donors (Lipinski definition) is 0. The van der Waals surface area contributed by atoms with Gasteiger partial charge in [-0.25, -0.2) is 4.79 Å². The highest BCUT2D eigenvalue weighted by molar-refractivity contribution is 5.73. The Labute approximate surface area is 77.7 Å². The molecule has 0 bridgehead atoms. The third-order valence-corrected chi connectivity index (χ3v) is 2.93. The van der Waals surface area contributed by atoms with Gasteiger partial charge in [0.05, 0.1) is 12.6 Å². The first-order valence-corrected chi connectivity index (χ1v) is 4.35. The lowest BCUT2D eigenvalue weighted by molar-refractivity contribution is 0.102. The summed E-state index contributed by atoms with van der Waals surface area (Å²) in [6.07, 6.45) is 5.97. The maximum atomic E-state index is 11.4. The van der Waals surface area contributed by atoms with E-state index in [2.05, 4.69) is 12.2 Å². The number of amides is 1.